The Morgan fingerprint density at radius 2 is 1.67 bits per heavy atom. The molecule has 4 nitrogen and oxygen atoms in total. The van der Waals surface area contributed by atoms with Crippen molar-refractivity contribution in [2.75, 3.05) is 20.8 Å². The van der Waals surface area contributed by atoms with Gasteiger partial charge in [-0.25, -0.2) is 0 Å². The Balaban J connectivity index is 2.07. The van der Waals surface area contributed by atoms with Gasteiger partial charge in [-0.2, -0.15) is 0 Å². The van der Waals surface area contributed by atoms with E-state index in [9.17, 15) is 0 Å². The van der Waals surface area contributed by atoms with Gasteiger partial charge in [0.15, 0.2) is 0 Å². The van der Waals surface area contributed by atoms with Gasteiger partial charge in [-0.3, -0.25) is 0 Å². The normalized spacial score (nSPS) is 11.8. The molecule has 2 aromatic rings. The maximum absolute atomic E-state index is 6.16. The molecule has 2 rings (SSSR count). The molecule has 0 aromatic heterocycles. The average molecular weight is 308 g/mol. The van der Waals surface area contributed by atoms with Crippen LogP contribution in [-0.4, -0.2) is 20.8 Å². The van der Waals surface area contributed by atoms with E-state index in [0.29, 0.717) is 28.9 Å². The van der Waals surface area contributed by atoms with Crippen molar-refractivity contribution in [1.29, 1.82) is 0 Å². The molecule has 0 aliphatic heterocycles. The molecule has 0 spiro atoms. The summed E-state index contributed by atoms with van der Waals surface area (Å²) in [6.45, 7) is 0.330. The lowest BCUT2D eigenvalue weighted by atomic mass is 10.1. The Kier molecular flexibility index (Phi) is 5.31. The number of methoxy groups -OCH3 is 2. The fraction of sp³-hybridized carbons (Fsp3) is 0.250. The van der Waals surface area contributed by atoms with Crippen LogP contribution in [0, 0.1) is 0 Å². The number of hydrogen-bond donors (Lipinski definition) is 1. The molecule has 0 bridgehead atoms. The topological polar surface area (TPSA) is 53.7 Å². The van der Waals surface area contributed by atoms with Crippen molar-refractivity contribution in [2.45, 2.75) is 6.04 Å². The molecule has 0 radical (unpaired) electrons. The van der Waals surface area contributed by atoms with Crippen molar-refractivity contribution < 1.29 is 14.2 Å². The van der Waals surface area contributed by atoms with E-state index in [1.807, 2.05) is 24.3 Å². The predicted octanol–water partition coefficient (Wildman–Crippen LogP) is 3.44. The fourth-order valence-corrected chi connectivity index (χ4v) is 2.06. The van der Waals surface area contributed by atoms with Gasteiger partial charge in [0.05, 0.1) is 20.3 Å². The Hall–Kier alpha value is -1.91. The summed E-state index contributed by atoms with van der Waals surface area (Å²) in [6, 6.07) is 12.5. The van der Waals surface area contributed by atoms with Crippen molar-refractivity contribution in [3.05, 3.63) is 53.1 Å². The third kappa shape index (κ3) is 4.28. The van der Waals surface area contributed by atoms with Gasteiger partial charge in [0.25, 0.3) is 0 Å². The van der Waals surface area contributed by atoms with E-state index in [1.54, 1.807) is 32.4 Å². The summed E-state index contributed by atoms with van der Waals surface area (Å²) in [5.41, 5.74) is 7.04. The van der Waals surface area contributed by atoms with Crippen molar-refractivity contribution in [1.82, 2.24) is 0 Å². The third-order valence-electron chi connectivity index (χ3n) is 3.03. The van der Waals surface area contributed by atoms with Gasteiger partial charge in [0.2, 0.25) is 0 Å². The second kappa shape index (κ2) is 7.20. The zero-order valence-corrected chi connectivity index (χ0v) is 12.8. The highest BCUT2D eigenvalue weighted by atomic mass is 35.5. The zero-order valence-electron chi connectivity index (χ0n) is 12.0. The van der Waals surface area contributed by atoms with Crippen LogP contribution in [0.4, 0.5) is 0 Å². The van der Waals surface area contributed by atoms with Crippen LogP contribution >= 0.6 is 11.6 Å². The van der Waals surface area contributed by atoms with E-state index in [1.165, 1.54) is 0 Å². The van der Waals surface area contributed by atoms with E-state index in [0.717, 1.165) is 5.56 Å². The summed E-state index contributed by atoms with van der Waals surface area (Å²) in [7, 11) is 3.21. The van der Waals surface area contributed by atoms with Gasteiger partial charge in [0.1, 0.15) is 23.9 Å². The lowest BCUT2D eigenvalue weighted by molar-refractivity contribution is 0.290. The summed E-state index contributed by atoms with van der Waals surface area (Å²) < 4.78 is 16.1. The van der Waals surface area contributed by atoms with Crippen LogP contribution in [0.1, 0.15) is 11.6 Å². The maximum atomic E-state index is 6.16. The van der Waals surface area contributed by atoms with Crippen LogP contribution < -0.4 is 19.9 Å². The maximum Gasteiger partial charge on any atom is 0.122 e. The van der Waals surface area contributed by atoms with Gasteiger partial charge in [-0.1, -0.05) is 17.7 Å². The van der Waals surface area contributed by atoms with E-state index < -0.39 is 0 Å². The molecule has 0 heterocycles. The molecule has 0 aliphatic carbocycles. The first-order valence-corrected chi connectivity index (χ1v) is 6.87. The molecule has 112 valence electrons. The molecular formula is C16H18ClNO3. The molecule has 0 aliphatic rings. The summed E-state index contributed by atoms with van der Waals surface area (Å²) in [4.78, 5) is 0. The molecule has 0 saturated heterocycles. The van der Waals surface area contributed by atoms with Gasteiger partial charge in [0, 0.05) is 11.1 Å². The number of rotatable bonds is 6. The largest absolute Gasteiger partial charge is 0.497 e. The summed E-state index contributed by atoms with van der Waals surface area (Å²) in [5, 5.41) is 0.629. The van der Waals surface area contributed by atoms with Crippen LogP contribution in [0.25, 0.3) is 0 Å². The van der Waals surface area contributed by atoms with Crippen LogP contribution in [0.3, 0.4) is 0 Å². The Labute approximate surface area is 129 Å². The number of nitrogens with two attached hydrogens (primary N) is 1. The first-order chi connectivity index (χ1) is 10.1. The smallest absolute Gasteiger partial charge is 0.122 e. The van der Waals surface area contributed by atoms with Crippen LogP contribution in [0.2, 0.25) is 5.02 Å². The number of halogens is 1. The SMILES string of the molecule is COc1cc(OC)cc(C(N)COc2cccc(Cl)c2)c1. The van der Waals surface area contributed by atoms with Gasteiger partial charge in [-0.15, -0.1) is 0 Å². The molecule has 21 heavy (non-hydrogen) atoms. The molecule has 5 heteroatoms. The van der Waals surface area contributed by atoms with Gasteiger partial charge >= 0.3 is 0 Å². The van der Waals surface area contributed by atoms with Crippen LogP contribution in [-0.2, 0) is 0 Å². The quantitative estimate of drug-likeness (QED) is 0.888. The second-order valence-electron chi connectivity index (χ2n) is 4.52. The summed E-state index contributed by atoms with van der Waals surface area (Å²) >= 11 is 5.91. The Morgan fingerprint density at radius 1 is 1.00 bits per heavy atom. The van der Waals surface area contributed by atoms with Crippen molar-refractivity contribution in [3.63, 3.8) is 0 Å². The van der Waals surface area contributed by atoms with Gasteiger partial charge < -0.3 is 19.9 Å². The lowest BCUT2D eigenvalue weighted by Gasteiger charge is -2.16. The van der Waals surface area contributed by atoms with Crippen LogP contribution in [0.5, 0.6) is 17.2 Å². The van der Waals surface area contributed by atoms with E-state index in [2.05, 4.69) is 0 Å². The number of hydrogen-bond acceptors (Lipinski definition) is 4. The summed E-state index contributed by atoms with van der Waals surface area (Å²) in [6.07, 6.45) is 0. The first-order valence-electron chi connectivity index (χ1n) is 6.49. The first kappa shape index (κ1) is 15.5. The molecular weight excluding hydrogens is 290 g/mol. The standard InChI is InChI=1S/C16H18ClNO3/c1-19-14-6-11(7-15(9-14)20-2)16(18)10-21-13-5-3-4-12(17)8-13/h3-9,16H,10,18H2,1-2H3. The Morgan fingerprint density at radius 3 is 2.24 bits per heavy atom. The number of benzene rings is 2. The zero-order chi connectivity index (χ0) is 15.2. The number of ether oxygens (including phenoxy) is 3. The minimum atomic E-state index is -0.298. The van der Waals surface area contributed by atoms with E-state index in [-0.39, 0.29) is 6.04 Å². The minimum Gasteiger partial charge on any atom is -0.497 e. The average Bonchev–Trinajstić information content (AvgIpc) is 2.52. The molecule has 2 aromatic carbocycles. The van der Waals surface area contributed by atoms with Crippen molar-refractivity contribution >= 4 is 11.6 Å². The van der Waals surface area contributed by atoms with E-state index >= 15 is 0 Å². The lowest BCUT2D eigenvalue weighted by Crippen LogP contribution is -2.19. The van der Waals surface area contributed by atoms with Crippen LogP contribution in [0.15, 0.2) is 42.5 Å². The van der Waals surface area contributed by atoms with E-state index in [4.69, 9.17) is 31.5 Å². The molecule has 1 atom stereocenters. The highest BCUT2D eigenvalue weighted by molar-refractivity contribution is 6.30. The monoisotopic (exact) mass is 307 g/mol. The minimum absolute atomic E-state index is 0.298. The summed E-state index contributed by atoms with van der Waals surface area (Å²) in [5.74, 6) is 2.08. The van der Waals surface area contributed by atoms with Crippen molar-refractivity contribution in [3.8, 4) is 17.2 Å². The van der Waals surface area contributed by atoms with Gasteiger partial charge in [-0.05, 0) is 35.9 Å². The molecule has 0 amide bonds. The second-order valence-corrected chi connectivity index (χ2v) is 4.96. The van der Waals surface area contributed by atoms with Crippen molar-refractivity contribution in [2.24, 2.45) is 5.73 Å². The molecule has 1 unspecified atom stereocenters. The molecule has 0 fully saturated rings. The fourth-order valence-electron chi connectivity index (χ4n) is 1.88. The predicted molar refractivity (Wildman–Crippen MR) is 83.4 cm³/mol. The third-order valence-corrected chi connectivity index (χ3v) is 3.26. The molecule has 2 N–H and O–H groups in total. The highest BCUT2D eigenvalue weighted by Gasteiger charge is 2.11. The highest BCUT2D eigenvalue weighted by Crippen LogP contribution is 2.26. The molecule has 0 saturated carbocycles. The Bertz CT molecular complexity index is 582.